The third-order valence-corrected chi connectivity index (χ3v) is 2.28. The van der Waals surface area contributed by atoms with E-state index in [1.807, 2.05) is 30.3 Å². The van der Waals surface area contributed by atoms with Gasteiger partial charge in [0.2, 0.25) is 5.91 Å². The van der Waals surface area contributed by atoms with Gasteiger partial charge < -0.3 is 10.1 Å². The van der Waals surface area contributed by atoms with Crippen molar-refractivity contribution in [1.82, 2.24) is 5.32 Å². The zero-order valence-corrected chi connectivity index (χ0v) is 7.90. The predicted octanol–water partition coefficient (Wildman–Crippen LogP) is 0.744. The molecule has 1 aromatic carbocycles. The van der Waals surface area contributed by atoms with Crippen LogP contribution in [0.15, 0.2) is 30.3 Å². The number of carbonyl (C=O) groups is 1. The molecule has 1 aliphatic rings. The van der Waals surface area contributed by atoms with Gasteiger partial charge in [0.05, 0.1) is 6.61 Å². The summed E-state index contributed by atoms with van der Waals surface area (Å²) < 4.78 is 5.38. The number of amides is 1. The zero-order chi connectivity index (χ0) is 9.80. The summed E-state index contributed by atoms with van der Waals surface area (Å²) in [5, 5.41) is 2.79. The SMILES string of the molecule is O=C1NCCOC1Cc1ccccc1. The topological polar surface area (TPSA) is 38.3 Å². The Morgan fingerprint density at radius 1 is 1.36 bits per heavy atom. The van der Waals surface area contributed by atoms with E-state index in [2.05, 4.69) is 5.32 Å². The Kier molecular flexibility index (Phi) is 2.79. The predicted molar refractivity (Wildman–Crippen MR) is 52.9 cm³/mol. The molecular formula is C11H13NO2. The van der Waals surface area contributed by atoms with Crippen LogP contribution in [0.25, 0.3) is 0 Å². The highest BCUT2D eigenvalue weighted by Crippen LogP contribution is 2.07. The molecule has 0 aliphatic carbocycles. The molecule has 0 aromatic heterocycles. The van der Waals surface area contributed by atoms with Crippen LogP contribution in [-0.4, -0.2) is 25.2 Å². The second kappa shape index (κ2) is 4.24. The van der Waals surface area contributed by atoms with E-state index in [4.69, 9.17) is 4.74 Å². The van der Waals surface area contributed by atoms with Gasteiger partial charge in [-0.25, -0.2) is 0 Å². The monoisotopic (exact) mass is 191 g/mol. The van der Waals surface area contributed by atoms with Gasteiger partial charge in [0.15, 0.2) is 0 Å². The second-order valence-electron chi connectivity index (χ2n) is 3.34. The normalized spacial score (nSPS) is 21.7. The number of morpholine rings is 1. The van der Waals surface area contributed by atoms with Gasteiger partial charge in [0.1, 0.15) is 6.10 Å². The molecule has 1 unspecified atom stereocenters. The van der Waals surface area contributed by atoms with Crippen LogP contribution in [0.4, 0.5) is 0 Å². The van der Waals surface area contributed by atoms with Gasteiger partial charge >= 0.3 is 0 Å². The van der Waals surface area contributed by atoms with Crippen molar-refractivity contribution in [1.29, 1.82) is 0 Å². The van der Waals surface area contributed by atoms with E-state index in [0.717, 1.165) is 5.56 Å². The Hall–Kier alpha value is -1.35. The molecule has 1 amide bonds. The Morgan fingerprint density at radius 3 is 2.86 bits per heavy atom. The van der Waals surface area contributed by atoms with Gasteiger partial charge in [-0.3, -0.25) is 4.79 Å². The molecular weight excluding hydrogens is 178 g/mol. The third-order valence-electron chi connectivity index (χ3n) is 2.28. The van der Waals surface area contributed by atoms with Gasteiger partial charge in [-0.1, -0.05) is 30.3 Å². The maximum absolute atomic E-state index is 11.4. The summed E-state index contributed by atoms with van der Waals surface area (Å²) in [5.74, 6) is 0.0000954. The molecule has 3 heteroatoms. The summed E-state index contributed by atoms with van der Waals surface area (Å²) in [6.45, 7) is 1.24. The van der Waals surface area contributed by atoms with E-state index in [9.17, 15) is 4.79 Å². The van der Waals surface area contributed by atoms with Crippen LogP contribution in [-0.2, 0) is 16.0 Å². The lowest BCUT2D eigenvalue weighted by Crippen LogP contribution is -2.45. The van der Waals surface area contributed by atoms with Crippen LogP contribution in [0.2, 0.25) is 0 Å². The van der Waals surface area contributed by atoms with Crippen molar-refractivity contribution in [3.63, 3.8) is 0 Å². The van der Waals surface area contributed by atoms with Gasteiger partial charge in [-0.15, -0.1) is 0 Å². The van der Waals surface area contributed by atoms with Crippen molar-refractivity contribution in [2.45, 2.75) is 12.5 Å². The summed E-state index contributed by atoms with van der Waals surface area (Å²) in [7, 11) is 0. The van der Waals surface area contributed by atoms with Crippen molar-refractivity contribution in [2.75, 3.05) is 13.2 Å². The fourth-order valence-corrected chi connectivity index (χ4v) is 1.54. The first-order valence-corrected chi connectivity index (χ1v) is 4.79. The Morgan fingerprint density at radius 2 is 2.14 bits per heavy atom. The highest BCUT2D eigenvalue weighted by Gasteiger charge is 2.22. The summed E-state index contributed by atoms with van der Waals surface area (Å²) in [5.41, 5.74) is 1.13. The first-order valence-electron chi connectivity index (χ1n) is 4.79. The smallest absolute Gasteiger partial charge is 0.249 e. The highest BCUT2D eigenvalue weighted by atomic mass is 16.5. The number of hydrogen-bond acceptors (Lipinski definition) is 2. The fraction of sp³-hybridized carbons (Fsp3) is 0.364. The molecule has 1 N–H and O–H groups in total. The minimum atomic E-state index is -0.314. The minimum Gasteiger partial charge on any atom is -0.366 e. The van der Waals surface area contributed by atoms with Gasteiger partial charge in [-0.05, 0) is 5.56 Å². The molecule has 1 heterocycles. The third kappa shape index (κ3) is 2.12. The molecule has 1 atom stereocenters. The quantitative estimate of drug-likeness (QED) is 0.749. The Labute approximate surface area is 83.1 Å². The maximum Gasteiger partial charge on any atom is 0.249 e. The Balaban J connectivity index is 2.00. The number of rotatable bonds is 2. The average molecular weight is 191 g/mol. The number of ether oxygens (including phenoxy) is 1. The molecule has 1 saturated heterocycles. The second-order valence-corrected chi connectivity index (χ2v) is 3.34. The van der Waals surface area contributed by atoms with Crippen LogP contribution in [0.5, 0.6) is 0 Å². The summed E-state index contributed by atoms with van der Waals surface area (Å²) >= 11 is 0. The molecule has 0 radical (unpaired) electrons. The number of nitrogens with one attached hydrogen (secondary N) is 1. The Bertz CT molecular complexity index is 310. The standard InChI is InChI=1S/C11H13NO2/c13-11-10(14-7-6-12-11)8-9-4-2-1-3-5-9/h1-5,10H,6-8H2,(H,12,13). The number of carbonyl (C=O) groups excluding carboxylic acids is 1. The van der Waals surface area contributed by atoms with E-state index >= 15 is 0 Å². The minimum absolute atomic E-state index is 0.0000954. The van der Waals surface area contributed by atoms with E-state index in [1.54, 1.807) is 0 Å². The molecule has 0 spiro atoms. The van der Waals surface area contributed by atoms with Crippen LogP contribution in [0, 0.1) is 0 Å². The lowest BCUT2D eigenvalue weighted by molar-refractivity contribution is -0.137. The molecule has 0 saturated carbocycles. The van der Waals surface area contributed by atoms with Crippen molar-refractivity contribution in [3.8, 4) is 0 Å². The summed E-state index contributed by atoms with van der Waals surface area (Å²) in [4.78, 5) is 11.4. The maximum atomic E-state index is 11.4. The van der Waals surface area contributed by atoms with Crippen LogP contribution >= 0.6 is 0 Å². The largest absolute Gasteiger partial charge is 0.366 e. The van der Waals surface area contributed by atoms with Crippen molar-refractivity contribution in [2.24, 2.45) is 0 Å². The van der Waals surface area contributed by atoms with Crippen LogP contribution in [0.1, 0.15) is 5.56 Å². The van der Waals surface area contributed by atoms with E-state index < -0.39 is 0 Å². The molecule has 14 heavy (non-hydrogen) atoms. The molecule has 3 nitrogen and oxygen atoms in total. The first-order chi connectivity index (χ1) is 6.86. The molecule has 1 aromatic rings. The first kappa shape index (κ1) is 9.21. The molecule has 0 bridgehead atoms. The van der Waals surface area contributed by atoms with Gasteiger partial charge in [0.25, 0.3) is 0 Å². The molecule has 74 valence electrons. The van der Waals surface area contributed by atoms with Crippen molar-refractivity contribution >= 4 is 5.91 Å². The lowest BCUT2D eigenvalue weighted by atomic mass is 10.1. The fourth-order valence-electron chi connectivity index (χ4n) is 1.54. The number of hydrogen-bond donors (Lipinski definition) is 1. The average Bonchev–Trinajstić information content (AvgIpc) is 2.23. The van der Waals surface area contributed by atoms with E-state index in [0.29, 0.717) is 19.6 Å². The highest BCUT2D eigenvalue weighted by molar-refractivity contribution is 5.81. The summed E-state index contributed by atoms with van der Waals surface area (Å²) in [6.07, 6.45) is 0.346. The zero-order valence-electron chi connectivity index (χ0n) is 7.90. The molecule has 1 fully saturated rings. The molecule has 2 rings (SSSR count). The number of benzene rings is 1. The summed E-state index contributed by atoms with van der Waals surface area (Å²) in [6, 6.07) is 9.91. The van der Waals surface area contributed by atoms with Crippen LogP contribution < -0.4 is 5.32 Å². The van der Waals surface area contributed by atoms with Crippen molar-refractivity contribution in [3.05, 3.63) is 35.9 Å². The van der Waals surface area contributed by atoms with Crippen LogP contribution in [0.3, 0.4) is 0 Å². The molecule has 1 aliphatic heterocycles. The van der Waals surface area contributed by atoms with Gasteiger partial charge in [0, 0.05) is 13.0 Å². The van der Waals surface area contributed by atoms with E-state index in [-0.39, 0.29) is 12.0 Å². The van der Waals surface area contributed by atoms with Gasteiger partial charge in [-0.2, -0.15) is 0 Å². The lowest BCUT2D eigenvalue weighted by Gasteiger charge is -2.22. The van der Waals surface area contributed by atoms with Crippen molar-refractivity contribution < 1.29 is 9.53 Å². The van der Waals surface area contributed by atoms with E-state index in [1.165, 1.54) is 0 Å².